The molecule has 1 N–H and O–H groups in total. The van der Waals surface area contributed by atoms with Crippen LogP contribution in [-0.2, 0) is 10.0 Å². The zero-order chi connectivity index (χ0) is 17.7. The van der Waals surface area contributed by atoms with Crippen LogP contribution in [0.5, 0.6) is 17.2 Å². The molecule has 0 atom stereocenters. The van der Waals surface area contributed by atoms with Crippen LogP contribution in [0.25, 0.3) is 0 Å². The lowest BCUT2D eigenvalue weighted by Gasteiger charge is -2.13. The molecule has 0 radical (unpaired) electrons. The third-order valence-electron chi connectivity index (χ3n) is 2.99. The van der Waals surface area contributed by atoms with Gasteiger partial charge in [-0.3, -0.25) is 4.72 Å². The van der Waals surface area contributed by atoms with Gasteiger partial charge in [-0.1, -0.05) is 0 Å². The lowest BCUT2D eigenvalue weighted by molar-refractivity contribution is -0.0498. The number of methoxy groups -OCH3 is 2. The third-order valence-corrected chi connectivity index (χ3v) is 4.39. The molecule has 0 aliphatic carbocycles. The van der Waals surface area contributed by atoms with Gasteiger partial charge in [-0.2, -0.15) is 8.78 Å². The predicted octanol–water partition coefficient (Wildman–Crippen LogP) is 3.11. The summed E-state index contributed by atoms with van der Waals surface area (Å²) in [6.07, 6.45) is 0. The molecule has 2 rings (SSSR count). The van der Waals surface area contributed by atoms with E-state index >= 15 is 0 Å². The van der Waals surface area contributed by atoms with E-state index in [0.29, 0.717) is 5.75 Å². The van der Waals surface area contributed by atoms with Crippen molar-refractivity contribution in [3.8, 4) is 17.2 Å². The molecule has 9 heteroatoms. The van der Waals surface area contributed by atoms with E-state index < -0.39 is 16.6 Å². The highest BCUT2D eigenvalue weighted by molar-refractivity contribution is 7.92. The fraction of sp³-hybridized carbons (Fsp3) is 0.200. The maximum atomic E-state index is 12.5. The van der Waals surface area contributed by atoms with Gasteiger partial charge in [-0.15, -0.1) is 0 Å². The van der Waals surface area contributed by atoms with Crippen molar-refractivity contribution in [2.75, 3.05) is 18.9 Å². The van der Waals surface area contributed by atoms with E-state index in [-0.39, 0.29) is 22.1 Å². The Morgan fingerprint density at radius 2 is 1.58 bits per heavy atom. The number of benzene rings is 2. The Kier molecular flexibility index (Phi) is 5.45. The Bertz CT molecular complexity index is 794. The first-order valence-corrected chi connectivity index (χ1v) is 8.14. The molecule has 130 valence electrons. The second kappa shape index (κ2) is 7.35. The van der Waals surface area contributed by atoms with Gasteiger partial charge in [0.2, 0.25) is 0 Å². The summed E-state index contributed by atoms with van der Waals surface area (Å²) in [5.41, 5.74) is 0.182. The number of halogens is 2. The molecule has 0 saturated heterocycles. The highest BCUT2D eigenvalue weighted by Gasteiger charge is 2.21. The summed E-state index contributed by atoms with van der Waals surface area (Å²) < 4.78 is 65.9. The Morgan fingerprint density at radius 3 is 2.12 bits per heavy atom. The molecule has 0 fully saturated rings. The van der Waals surface area contributed by atoms with Gasteiger partial charge in [0.25, 0.3) is 10.0 Å². The average molecular weight is 359 g/mol. The summed E-state index contributed by atoms with van der Waals surface area (Å²) in [6, 6.07) is 9.42. The Morgan fingerprint density at radius 1 is 0.958 bits per heavy atom. The van der Waals surface area contributed by atoms with Crippen LogP contribution in [0, 0.1) is 0 Å². The minimum Gasteiger partial charge on any atom is -0.497 e. The van der Waals surface area contributed by atoms with Crippen molar-refractivity contribution in [3.05, 3.63) is 42.5 Å². The average Bonchev–Trinajstić information content (AvgIpc) is 2.55. The standard InChI is InChI=1S/C15H15F2NO5S/c1-21-12-7-8-13(22-2)14(9-12)24(19,20)18-10-3-5-11(6-4-10)23-15(16)17/h3-9,15,18H,1-2H3. The first-order chi connectivity index (χ1) is 11.4. The fourth-order valence-corrected chi connectivity index (χ4v) is 3.15. The Hall–Kier alpha value is -2.55. The summed E-state index contributed by atoms with van der Waals surface area (Å²) >= 11 is 0. The van der Waals surface area contributed by atoms with Crippen molar-refractivity contribution in [1.29, 1.82) is 0 Å². The highest BCUT2D eigenvalue weighted by atomic mass is 32.2. The van der Waals surface area contributed by atoms with Gasteiger partial charge in [0.15, 0.2) is 0 Å². The van der Waals surface area contributed by atoms with E-state index in [1.165, 1.54) is 50.6 Å². The second-order valence-electron chi connectivity index (χ2n) is 4.53. The van der Waals surface area contributed by atoms with Crippen LogP contribution >= 0.6 is 0 Å². The number of alkyl halides is 2. The topological polar surface area (TPSA) is 73.9 Å². The number of rotatable bonds is 7. The second-order valence-corrected chi connectivity index (χ2v) is 6.18. The molecule has 0 unspecified atom stereocenters. The van der Waals surface area contributed by atoms with Crippen molar-refractivity contribution in [3.63, 3.8) is 0 Å². The summed E-state index contributed by atoms with van der Waals surface area (Å²) in [5.74, 6) is 0.407. The number of hydrogen-bond acceptors (Lipinski definition) is 5. The quantitative estimate of drug-likeness (QED) is 0.822. The van der Waals surface area contributed by atoms with Gasteiger partial charge in [-0.05, 0) is 36.4 Å². The van der Waals surface area contributed by atoms with E-state index in [1.807, 2.05) is 0 Å². The molecule has 0 spiro atoms. The van der Waals surface area contributed by atoms with Crippen molar-refractivity contribution in [2.45, 2.75) is 11.5 Å². The van der Waals surface area contributed by atoms with Crippen LogP contribution in [0.4, 0.5) is 14.5 Å². The zero-order valence-electron chi connectivity index (χ0n) is 12.8. The molecule has 0 heterocycles. The molecule has 6 nitrogen and oxygen atoms in total. The number of sulfonamides is 1. The number of nitrogens with one attached hydrogen (secondary N) is 1. The zero-order valence-corrected chi connectivity index (χ0v) is 13.6. The molecule has 2 aromatic rings. The third kappa shape index (κ3) is 4.25. The first-order valence-electron chi connectivity index (χ1n) is 6.65. The largest absolute Gasteiger partial charge is 0.497 e. The SMILES string of the molecule is COc1ccc(OC)c(S(=O)(=O)Nc2ccc(OC(F)F)cc2)c1. The van der Waals surface area contributed by atoms with E-state index in [1.54, 1.807) is 6.07 Å². The smallest absolute Gasteiger partial charge is 0.387 e. The molecule has 0 amide bonds. The highest BCUT2D eigenvalue weighted by Crippen LogP contribution is 2.30. The van der Waals surface area contributed by atoms with Gasteiger partial charge in [0.1, 0.15) is 22.1 Å². The van der Waals surface area contributed by atoms with Crippen LogP contribution < -0.4 is 18.9 Å². The summed E-state index contributed by atoms with van der Waals surface area (Å²) in [5, 5.41) is 0. The molecule has 24 heavy (non-hydrogen) atoms. The summed E-state index contributed by atoms with van der Waals surface area (Å²) in [6.45, 7) is -2.95. The Labute approximate surface area is 138 Å². The fourth-order valence-electron chi connectivity index (χ4n) is 1.91. The lowest BCUT2D eigenvalue weighted by atomic mass is 10.3. The first kappa shape index (κ1) is 17.8. The molecule has 0 bridgehead atoms. The minimum atomic E-state index is -3.97. The number of ether oxygens (including phenoxy) is 3. The van der Waals surface area contributed by atoms with Crippen LogP contribution in [0.2, 0.25) is 0 Å². The normalized spacial score (nSPS) is 11.2. The van der Waals surface area contributed by atoms with Crippen LogP contribution in [0.3, 0.4) is 0 Å². The summed E-state index contributed by atoms with van der Waals surface area (Å²) in [4.78, 5) is -0.114. The number of anilines is 1. The lowest BCUT2D eigenvalue weighted by Crippen LogP contribution is -2.14. The van der Waals surface area contributed by atoms with Gasteiger partial charge in [-0.25, -0.2) is 8.42 Å². The molecule has 2 aromatic carbocycles. The maximum Gasteiger partial charge on any atom is 0.387 e. The van der Waals surface area contributed by atoms with E-state index in [9.17, 15) is 17.2 Å². The Balaban J connectivity index is 2.28. The van der Waals surface area contributed by atoms with Crippen LogP contribution in [0.1, 0.15) is 0 Å². The van der Waals surface area contributed by atoms with Crippen LogP contribution in [-0.4, -0.2) is 29.2 Å². The van der Waals surface area contributed by atoms with E-state index in [0.717, 1.165) is 0 Å². The van der Waals surface area contributed by atoms with Gasteiger partial charge < -0.3 is 14.2 Å². The maximum absolute atomic E-state index is 12.5. The minimum absolute atomic E-state index is 0.0769. The van der Waals surface area contributed by atoms with Crippen molar-refractivity contribution in [2.24, 2.45) is 0 Å². The molecule has 0 saturated carbocycles. The van der Waals surface area contributed by atoms with Crippen molar-refractivity contribution in [1.82, 2.24) is 0 Å². The van der Waals surface area contributed by atoms with Gasteiger partial charge in [0.05, 0.1) is 14.2 Å². The molecule has 0 aliphatic rings. The number of hydrogen-bond donors (Lipinski definition) is 1. The molecule has 0 aromatic heterocycles. The molecular formula is C15H15F2NO5S. The van der Waals surface area contributed by atoms with Crippen molar-refractivity contribution >= 4 is 15.7 Å². The monoisotopic (exact) mass is 359 g/mol. The van der Waals surface area contributed by atoms with Crippen molar-refractivity contribution < 1.29 is 31.4 Å². The van der Waals surface area contributed by atoms with E-state index in [2.05, 4.69) is 9.46 Å². The van der Waals surface area contributed by atoms with Gasteiger partial charge in [0, 0.05) is 11.8 Å². The molecular weight excluding hydrogens is 344 g/mol. The predicted molar refractivity (Wildman–Crippen MR) is 83.4 cm³/mol. The van der Waals surface area contributed by atoms with Crippen LogP contribution in [0.15, 0.2) is 47.4 Å². The van der Waals surface area contributed by atoms with Gasteiger partial charge >= 0.3 is 6.61 Å². The molecule has 0 aliphatic heterocycles. The van der Waals surface area contributed by atoms with E-state index in [4.69, 9.17) is 9.47 Å². The summed E-state index contributed by atoms with van der Waals surface area (Å²) in [7, 11) is -1.21.